The van der Waals surface area contributed by atoms with E-state index in [1.54, 1.807) is 33.4 Å². The maximum atomic E-state index is 11.5. The van der Waals surface area contributed by atoms with Crippen molar-refractivity contribution in [2.75, 3.05) is 26.2 Å². The highest BCUT2D eigenvalue weighted by Crippen LogP contribution is 2.11. The van der Waals surface area contributed by atoms with Gasteiger partial charge in [0.15, 0.2) is 0 Å². The summed E-state index contributed by atoms with van der Waals surface area (Å²) in [6, 6.07) is 9.38. The highest BCUT2D eigenvalue weighted by Gasteiger charge is 2.17. The summed E-state index contributed by atoms with van der Waals surface area (Å²) in [6.45, 7) is 2.90. The largest absolute Gasteiger partial charge is 0.477 e. The van der Waals surface area contributed by atoms with Crippen LogP contribution in [0.5, 0.6) is 0 Å². The van der Waals surface area contributed by atoms with E-state index in [1.807, 2.05) is 9.80 Å². The SMILES string of the molecule is O=C(O)c1cccc(CN(CCN(CCn2cnc([N+](=O)[O-])c2)Cc2cccc(C(=O)O)n2)CCn2cnc([N+](=O)[O-])c2)n1. The summed E-state index contributed by atoms with van der Waals surface area (Å²) in [5.74, 6) is -2.89. The molecule has 0 bridgehead atoms. The van der Waals surface area contributed by atoms with Gasteiger partial charge < -0.3 is 39.6 Å². The minimum Gasteiger partial charge on any atom is -0.477 e. The second-order valence-electron chi connectivity index (χ2n) is 9.64. The Morgan fingerprint density at radius 2 is 1.11 bits per heavy atom. The minimum atomic E-state index is -1.16. The van der Waals surface area contributed by atoms with Crippen molar-refractivity contribution in [1.82, 2.24) is 38.9 Å². The molecule has 0 amide bonds. The number of rotatable bonds is 17. The van der Waals surface area contributed by atoms with Gasteiger partial charge in [-0.15, -0.1) is 0 Å². The van der Waals surface area contributed by atoms with Crippen LogP contribution in [0.2, 0.25) is 0 Å². The Morgan fingerprint density at radius 1 is 0.705 bits per heavy atom. The van der Waals surface area contributed by atoms with Crippen LogP contribution in [-0.4, -0.2) is 97.0 Å². The van der Waals surface area contributed by atoms with Gasteiger partial charge in [0, 0.05) is 52.4 Å². The van der Waals surface area contributed by atoms with Gasteiger partial charge in [-0.3, -0.25) is 9.80 Å². The van der Waals surface area contributed by atoms with Crippen LogP contribution in [0.1, 0.15) is 32.4 Å². The molecule has 4 aromatic heterocycles. The third-order valence-electron chi connectivity index (χ3n) is 6.52. The summed E-state index contributed by atoms with van der Waals surface area (Å²) < 4.78 is 3.16. The van der Waals surface area contributed by atoms with Gasteiger partial charge in [-0.25, -0.2) is 19.6 Å². The van der Waals surface area contributed by atoms with Gasteiger partial charge in [-0.1, -0.05) is 12.1 Å². The normalized spacial score (nSPS) is 11.2. The second-order valence-corrected chi connectivity index (χ2v) is 9.64. The average molecular weight is 609 g/mol. The summed E-state index contributed by atoms with van der Waals surface area (Å²) in [7, 11) is 0. The third-order valence-corrected chi connectivity index (χ3v) is 6.52. The number of carbonyl (C=O) groups is 2. The van der Waals surface area contributed by atoms with Crippen molar-refractivity contribution < 1.29 is 29.6 Å². The monoisotopic (exact) mass is 608 g/mol. The number of nitrogens with zero attached hydrogens (tertiary/aromatic N) is 10. The van der Waals surface area contributed by atoms with Crippen LogP contribution in [0.3, 0.4) is 0 Å². The lowest BCUT2D eigenvalue weighted by Gasteiger charge is -2.27. The minimum absolute atomic E-state index is 0.104. The van der Waals surface area contributed by atoms with Crippen molar-refractivity contribution in [3.05, 3.63) is 104 Å². The highest BCUT2D eigenvalue weighted by atomic mass is 16.6. The molecule has 0 spiro atoms. The fourth-order valence-electron chi connectivity index (χ4n) is 4.30. The number of carboxylic acids is 2. The Balaban J connectivity index is 1.51. The smallest absolute Gasteiger partial charge is 0.381 e. The molecule has 4 rings (SSSR count). The fraction of sp³-hybridized carbons (Fsp3) is 0.308. The van der Waals surface area contributed by atoms with E-state index >= 15 is 0 Å². The molecular weight excluding hydrogens is 580 g/mol. The molecule has 0 fully saturated rings. The maximum absolute atomic E-state index is 11.5. The maximum Gasteiger partial charge on any atom is 0.381 e. The molecule has 0 radical (unpaired) electrons. The molecule has 4 aromatic rings. The third kappa shape index (κ3) is 8.94. The molecule has 230 valence electrons. The van der Waals surface area contributed by atoms with Crippen molar-refractivity contribution >= 4 is 23.6 Å². The van der Waals surface area contributed by atoms with Crippen LogP contribution >= 0.6 is 0 Å². The molecule has 4 heterocycles. The van der Waals surface area contributed by atoms with Crippen LogP contribution < -0.4 is 0 Å². The first-order valence-corrected chi connectivity index (χ1v) is 13.2. The standard InChI is InChI=1S/C26H28N10O8/c37-25(38)21-5-1-3-19(29-21)13-31(9-11-33-15-23(27-17-33)35(41)42)7-8-32(10-12-34-16-24(28-18-34)36(43)44)14-20-4-2-6-22(30-20)26(39)40/h1-6,15-18H,7-14H2,(H,37,38)(H,39,40). The average Bonchev–Trinajstić information content (AvgIpc) is 3.68. The zero-order valence-corrected chi connectivity index (χ0v) is 23.2. The predicted molar refractivity (Wildman–Crippen MR) is 151 cm³/mol. The number of hydrogen-bond donors (Lipinski definition) is 2. The van der Waals surface area contributed by atoms with Gasteiger partial charge in [-0.05, 0) is 44.1 Å². The van der Waals surface area contributed by atoms with Crippen molar-refractivity contribution in [3.8, 4) is 0 Å². The summed E-state index contributed by atoms with van der Waals surface area (Å²) in [6.07, 6.45) is 5.35. The van der Waals surface area contributed by atoms with E-state index in [1.165, 1.54) is 37.2 Å². The molecular formula is C26H28N10O8. The molecule has 0 unspecified atom stereocenters. The van der Waals surface area contributed by atoms with E-state index in [4.69, 9.17) is 0 Å². The molecule has 0 aliphatic rings. The van der Waals surface area contributed by atoms with Crippen molar-refractivity contribution in [3.63, 3.8) is 0 Å². The van der Waals surface area contributed by atoms with Gasteiger partial charge in [0.2, 0.25) is 12.7 Å². The number of imidazole rings is 2. The van der Waals surface area contributed by atoms with Gasteiger partial charge in [0.05, 0.1) is 11.4 Å². The first-order chi connectivity index (χ1) is 21.1. The van der Waals surface area contributed by atoms with Crippen molar-refractivity contribution in [1.29, 1.82) is 0 Å². The number of nitro groups is 2. The predicted octanol–water partition coefficient (Wildman–Crippen LogP) is 1.79. The molecule has 0 aliphatic carbocycles. The molecule has 0 saturated heterocycles. The molecule has 0 saturated carbocycles. The molecule has 0 aliphatic heterocycles. The lowest BCUT2D eigenvalue weighted by Crippen LogP contribution is -2.38. The lowest BCUT2D eigenvalue weighted by atomic mass is 10.2. The Morgan fingerprint density at radius 3 is 1.45 bits per heavy atom. The van der Waals surface area contributed by atoms with Crippen molar-refractivity contribution in [2.45, 2.75) is 26.2 Å². The van der Waals surface area contributed by atoms with E-state index in [2.05, 4.69) is 19.9 Å². The van der Waals surface area contributed by atoms with Crippen LogP contribution in [0, 0.1) is 20.2 Å². The number of aromatic carboxylic acids is 2. The fourth-order valence-corrected chi connectivity index (χ4v) is 4.30. The van der Waals surface area contributed by atoms with Gasteiger partial charge in [0.1, 0.15) is 23.8 Å². The van der Waals surface area contributed by atoms with Crippen LogP contribution in [-0.2, 0) is 26.2 Å². The number of aromatic nitrogens is 6. The first kappa shape index (κ1) is 31.3. The number of hydrogen-bond acceptors (Lipinski definition) is 12. The molecule has 0 aromatic carbocycles. The highest BCUT2D eigenvalue weighted by molar-refractivity contribution is 5.85. The molecule has 18 heteroatoms. The molecule has 44 heavy (non-hydrogen) atoms. The van der Waals surface area contributed by atoms with E-state index < -0.39 is 21.8 Å². The van der Waals surface area contributed by atoms with Gasteiger partial charge >= 0.3 is 23.6 Å². The summed E-state index contributed by atoms with van der Waals surface area (Å²) in [5.41, 5.74) is 0.811. The zero-order valence-electron chi connectivity index (χ0n) is 23.2. The van der Waals surface area contributed by atoms with E-state index in [-0.39, 0.29) is 36.1 Å². The Hall–Kier alpha value is -5.62. The summed E-state index contributed by atoms with van der Waals surface area (Å²) >= 11 is 0. The van der Waals surface area contributed by atoms with E-state index in [9.17, 15) is 40.0 Å². The van der Waals surface area contributed by atoms with Crippen molar-refractivity contribution in [2.24, 2.45) is 0 Å². The van der Waals surface area contributed by atoms with Gasteiger partial charge in [0.25, 0.3) is 0 Å². The van der Waals surface area contributed by atoms with E-state index in [0.717, 1.165) is 0 Å². The first-order valence-electron chi connectivity index (χ1n) is 13.2. The Bertz CT molecular complexity index is 1520. The topological polar surface area (TPSA) is 229 Å². The van der Waals surface area contributed by atoms with Crippen LogP contribution in [0.15, 0.2) is 61.4 Å². The second kappa shape index (κ2) is 14.5. The lowest BCUT2D eigenvalue weighted by molar-refractivity contribution is -0.389. The Labute approximate surface area is 249 Å². The Kier molecular flexibility index (Phi) is 10.3. The van der Waals surface area contributed by atoms with E-state index in [0.29, 0.717) is 50.7 Å². The number of pyridine rings is 2. The van der Waals surface area contributed by atoms with Crippen LogP contribution in [0.25, 0.3) is 0 Å². The van der Waals surface area contributed by atoms with Gasteiger partial charge in [-0.2, -0.15) is 0 Å². The summed E-state index contributed by atoms with van der Waals surface area (Å²) in [4.78, 5) is 63.8. The molecule has 2 N–H and O–H groups in total. The van der Waals surface area contributed by atoms with Crippen LogP contribution in [0.4, 0.5) is 11.6 Å². The molecule has 0 atom stereocenters. The quantitative estimate of drug-likeness (QED) is 0.129. The zero-order chi connectivity index (χ0) is 31.6. The number of carboxylic acid groups (broad SMARTS) is 2. The molecule has 18 nitrogen and oxygen atoms in total. The summed E-state index contributed by atoms with van der Waals surface area (Å²) in [5, 5.41) is 40.8.